The van der Waals surface area contributed by atoms with Crippen molar-refractivity contribution in [1.82, 2.24) is 10.2 Å². The molecule has 0 aromatic carbocycles. The van der Waals surface area contributed by atoms with Crippen molar-refractivity contribution < 1.29 is 19.1 Å². The van der Waals surface area contributed by atoms with Gasteiger partial charge in [-0.2, -0.15) is 0 Å². The average Bonchev–Trinajstić information content (AvgIpc) is 3.21. The minimum absolute atomic E-state index is 0.0929. The maximum atomic E-state index is 12.3. The van der Waals surface area contributed by atoms with Crippen LogP contribution in [0.4, 0.5) is 4.79 Å². The van der Waals surface area contributed by atoms with Gasteiger partial charge in [0.1, 0.15) is 12.6 Å². The molecule has 3 heterocycles. The maximum absolute atomic E-state index is 12.3. The zero-order chi connectivity index (χ0) is 15.5. The third-order valence-corrected chi connectivity index (χ3v) is 4.91. The fraction of sp³-hybridized carbons (Fsp3) is 0.600. The summed E-state index contributed by atoms with van der Waals surface area (Å²) < 4.78 is 10.5. The van der Waals surface area contributed by atoms with Gasteiger partial charge in [-0.3, -0.25) is 9.69 Å². The molecule has 0 radical (unpaired) electrons. The van der Waals surface area contributed by atoms with Crippen molar-refractivity contribution in [1.29, 1.82) is 0 Å². The van der Waals surface area contributed by atoms with Gasteiger partial charge >= 0.3 is 6.09 Å². The summed E-state index contributed by atoms with van der Waals surface area (Å²) >= 11 is 1.62. The van der Waals surface area contributed by atoms with Gasteiger partial charge < -0.3 is 14.8 Å². The molecule has 2 aliphatic rings. The van der Waals surface area contributed by atoms with Crippen molar-refractivity contribution in [3.8, 4) is 0 Å². The third-order valence-electron chi connectivity index (χ3n) is 3.93. The summed E-state index contributed by atoms with van der Waals surface area (Å²) in [7, 11) is 0. The standard InChI is InChI=1S/C15H20N2O4S/c1-10-4-5-12(22-10)8-17-13(9-21-15(17)19)14(18)16-7-11-3-2-6-20-11/h4-5,11,13H,2-3,6-9H2,1H3,(H,16,18)/t11?,13-/m0/s1. The van der Waals surface area contributed by atoms with E-state index in [0.29, 0.717) is 13.1 Å². The SMILES string of the molecule is Cc1ccc(CN2C(=O)OC[C@H]2C(=O)NCC2CCCO2)s1. The highest BCUT2D eigenvalue weighted by molar-refractivity contribution is 7.11. The van der Waals surface area contributed by atoms with E-state index in [1.165, 1.54) is 9.78 Å². The fourth-order valence-electron chi connectivity index (χ4n) is 2.72. The summed E-state index contributed by atoms with van der Waals surface area (Å²) in [5.74, 6) is -0.172. The van der Waals surface area contributed by atoms with E-state index in [9.17, 15) is 9.59 Å². The molecule has 7 heteroatoms. The average molecular weight is 324 g/mol. The van der Waals surface area contributed by atoms with Crippen LogP contribution in [0.15, 0.2) is 12.1 Å². The highest BCUT2D eigenvalue weighted by Gasteiger charge is 2.38. The van der Waals surface area contributed by atoms with Gasteiger partial charge in [0.15, 0.2) is 0 Å². The molecule has 22 heavy (non-hydrogen) atoms. The Bertz CT molecular complexity index is 553. The van der Waals surface area contributed by atoms with Crippen LogP contribution in [0, 0.1) is 6.92 Å². The summed E-state index contributed by atoms with van der Waals surface area (Å²) in [5, 5.41) is 2.87. The second kappa shape index (κ2) is 6.66. The molecule has 2 atom stereocenters. The molecule has 0 saturated carbocycles. The van der Waals surface area contributed by atoms with Crippen LogP contribution in [0.1, 0.15) is 22.6 Å². The van der Waals surface area contributed by atoms with E-state index in [2.05, 4.69) is 5.32 Å². The lowest BCUT2D eigenvalue weighted by Gasteiger charge is -2.21. The molecule has 2 saturated heterocycles. The number of carbonyl (C=O) groups excluding carboxylic acids is 2. The normalized spacial score (nSPS) is 24.6. The summed E-state index contributed by atoms with van der Waals surface area (Å²) in [6.07, 6.45) is 1.67. The Morgan fingerprint density at radius 3 is 3.05 bits per heavy atom. The number of cyclic esters (lactones) is 1. The molecule has 2 amide bonds. The quantitative estimate of drug-likeness (QED) is 0.895. The zero-order valence-electron chi connectivity index (χ0n) is 12.5. The Hall–Kier alpha value is -1.60. The molecule has 2 fully saturated rings. The Labute approximate surface area is 133 Å². The van der Waals surface area contributed by atoms with E-state index in [1.54, 1.807) is 11.3 Å². The van der Waals surface area contributed by atoms with Gasteiger partial charge in [-0.15, -0.1) is 11.3 Å². The predicted molar refractivity (Wildman–Crippen MR) is 81.7 cm³/mol. The highest BCUT2D eigenvalue weighted by atomic mass is 32.1. The van der Waals surface area contributed by atoms with E-state index < -0.39 is 12.1 Å². The highest BCUT2D eigenvalue weighted by Crippen LogP contribution is 2.22. The predicted octanol–water partition coefficient (Wildman–Crippen LogP) is 1.67. The molecule has 1 aromatic heterocycles. The van der Waals surface area contributed by atoms with Crippen LogP contribution >= 0.6 is 11.3 Å². The first-order valence-corrected chi connectivity index (χ1v) is 8.33. The first-order chi connectivity index (χ1) is 10.6. The van der Waals surface area contributed by atoms with Gasteiger partial charge in [-0.25, -0.2) is 4.79 Å². The minimum atomic E-state index is -0.559. The Morgan fingerprint density at radius 2 is 2.36 bits per heavy atom. The molecule has 1 unspecified atom stereocenters. The van der Waals surface area contributed by atoms with Gasteiger partial charge in [0.25, 0.3) is 0 Å². The molecule has 6 nitrogen and oxygen atoms in total. The third kappa shape index (κ3) is 3.41. The second-order valence-corrected chi connectivity index (χ2v) is 6.99. The van der Waals surface area contributed by atoms with Crippen LogP contribution in [-0.2, 0) is 20.8 Å². The van der Waals surface area contributed by atoms with Crippen molar-refractivity contribution in [3.63, 3.8) is 0 Å². The number of carbonyl (C=O) groups is 2. The maximum Gasteiger partial charge on any atom is 0.410 e. The van der Waals surface area contributed by atoms with Crippen LogP contribution in [0.3, 0.4) is 0 Å². The van der Waals surface area contributed by atoms with E-state index in [4.69, 9.17) is 9.47 Å². The fourth-order valence-corrected chi connectivity index (χ4v) is 3.61. The minimum Gasteiger partial charge on any atom is -0.447 e. The van der Waals surface area contributed by atoms with Crippen LogP contribution < -0.4 is 5.32 Å². The summed E-state index contributed by atoms with van der Waals surface area (Å²) in [6, 6.07) is 3.43. The number of hydrogen-bond donors (Lipinski definition) is 1. The number of nitrogens with zero attached hydrogens (tertiary/aromatic N) is 1. The number of nitrogens with one attached hydrogen (secondary N) is 1. The van der Waals surface area contributed by atoms with Gasteiger partial charge in [0, 0.05) is 22.9 Å². The molecule has 0 aliphatic carbocycles. The number of hydrogen-bond acceptors (Lipinski definition) is 5. The van der Waals surface area contributed by atoms with E-state index >= 15 is 0 Å². The first-order valence-electron chi connectivity index (χ1n) is 7.51. The van der Waals surface area contributed by atoms with Gasteiger partial charge in [-0.05, 0) is 31.9 Å². The molecule has 0 bridgehead atoms. The summed E-state index contributed by atoms with van der Waals surface area (Å²) in [6.45, 7) is 3.79. The number of thiophene rings is 1. The Balaban J connectivity index is 1.58. The van der Waals surface area contributed by atoms with E-state index in [0.717, 1.165) is 24.3 Å². The van der Waals surface area contributed by atoms with Crippen LogP contribution in [-0.4, -0.2) is 48.8 Å². The molecule has 3 rings (SSSR count). The Kier molecular flexibility index (Phi) is 4.63. The van der Waals surface area contributed by atoms with Crippen molar-refractivity contribution in [2.75, 3.05) is 19.8 Å². The molecular weight excluding hydrogens is 304 g/mol. The first kappa shape index (κ1) is 15.3. The molecule has 1 N–H and O–H groups in total. The smallest absolute Gasteiger partial charge is 0.410 e. The van der Waals surface area contributed by atoms with Crippen LogP contribution in [0.2, 0.25) is 0 Å². The summed E-state index contributed by atoms with van der Waals surface area (Å²) in [5.41, 5.74) is 0. The number of ether oxygens (including phenoxy) is 2. The lowest BCUT2D eigenvalue weighted by atomic mass is 10.2. The van der Waals surface area contributed by atoms with Crippen LogP contribution in [0.25, 0.3) is 0 Å². The number of amides is 2. The number of aryl methyl sites for hydroxylation is 1. The lowest BCUT2D eigenvalue weighted by Crippen LogP contribution is -2.47. The van der Waals surface area contributed by atoms with Crippen molar-refractivity contribution in [2.24, 2.45) is 0 Å². The zero-order valence-corrected chi connectivity index (χ0v) is 13.4. The molecule has 1 aromatic rings. The Morgan fingerprint density at radius 1 is 1.50 bits per heavy atom. The molecular formula is C15H20N2O4S. The van der Waals surface area contributed by atoms with Gasteiger partial charge in [0.2, 0.25) is 5.91 Å². The summed E-state index contributed by atoms with van der Waals surface area (Å²) in [4.78, 5) is 27.9. The number of rotatable bonds is 5. The molecule has 2 aliphatic heterocycles. The van der Waals surface area contributed by atoms with Crippen LogP contribution in [0.5, 0.6) is 0 Å². The van der Waals surface area contributed by atoms with E-state index in [1.807, 2.05) is 19.1 Å². The molecule has 120 valence electrons. The monoisotopic (exact) mass is 324 g/mol. The largest absolute Gasteiger partial charge is 0.447 e. The topological polar surface area (TPSA) is 67.9 Å². The molecule has 0 spiro atoms. The van der Waals surface area contributed by atoms with E-state index in [-0.39, 0.29) is 18.6 Å². The second-order valence-electron chi connectivity index (χ2n) is 5.61. The van der Waals surface area contributed by atoms with Crippen molar-refractivity contribution >= 4 is 23.3 Å². The van der Waals surface area contributed by atoms with Crippen molar-refractivity contribution in [3.05, 3.63) is 21.9 Å². The van der Waals surface area contributed by atoms with Crippen molar-refractivity contribution in [2.45, 2.75) is 38.5 Å². The van der Waals surface area contributed by atoms with Gasteiger partial charge in [0.05, 0.1) is 12.6 Å². The van der Waals surface area contributed by atoms with Gasteiger partial charge in [-0.1, -0.05) is 0 Å². The lowest BCUT2D eigenvalue weighted by molar-refractivity contribution is -0.125.